The van der Waals surface area contributed by atoms with Gasteiger partial charge in [-0.25, -0.2) is 9.59 Å². The van der Waals surface area contributed by atoms with Gasteiger partial charge in [0.15, 0.2) is 0 Å². The number of aliphatic hydroxyl groups excluding tert-OH is 8. The van der Waals surface area contributed by atoms with Gasteiger partial charge in [-0.3, -0.25) is 0 Å². The van der Waals surface area contributed by atoms with Gasteiger partial charge in [-0.15, -0.1) is 0 Å². The van der Waals surface area contributed by atoms with Crippen LogP contribution in [0.2, 0.25) is 0 Å². The fourth-order valence-electron chi connectivity index (χ4n) is 15.1. The van der Waals surface area contributed by atoms with Gasteiger partial charge in [0.25, 0.3) is 0 Å². The highest BCUT2D eigenvalue weighted by Crippen LogP contribution is 2.36. The standard InChI is InChI=1S/C77H130O20/c1-45-22-28-56(78)36-59-18-16-20-61(94-59)40-67(90-14)38-58(80)39-68(81)52(8)76(54(10)74(86)47(3)26-30-63-41-65(88-12)34-49(5)92-63)96-72(84)32-24-46(2)23-29-57(79)37-60-19-17-21-62(95-60)43-71(91-15)51(7)69(82)44-70(83)53(9)77(97-73(85)33-25-45)55(11)75(87)48(4)27-31-64-42-66(89-13)35-50(6)93-64/h16-19,22-25,32-33,47-71,74-83,86-87H,20-21,26-31,34-44H2,1-15H3/b32-24-,33-25-,45-22+,46-23+. The molecule has 4 bridgehead atoms. The van der Waals surface area contributed by atoms with Crippen molar-refractivity contribution in [3.05, 3.63) is 71.9 Å². The molecule has 0 aromatic heterocycles. The van der Waals surface area contributed by atoms with Crippen LogP contribution in [0.1, 0.15) is 198 Å². The monoisotopic (exact) mass is 1370 g/mol. The van der Waals surface area contributed by atoms with Gasteiger partial charge in [0, 0.05) is 95.9 Å². The molecule has 97 heavy (non-hydrogen) atoms. The summed E-state index contributed by atoms with van der Waals surface area (Å²) in [7, 11) is 6.57. The Labute approximate surface area is 581 Å². The molecular weight excluding hydrogens is 1240 g/mol. The molecule has 29 unspecified atom stereocenters. The van der Waals surface area contributed by atoms with E-state index in [9.17, 15) is 50.4 Å². The van der Waals surface area contributed by atoms with Gasteiger partial charge in [0.1, 0.15) is 12.2 Å². The van der Waals surface area contributed by atoms with Crippen molar-refractivity contribution in [1.29, 1.82) is 0 Å². The number of fused-ring (bicyclic) bond motifs is 4. The first-order chi connectivity index (χ1) is 46.0. The van der Waals surface area contributed by atoms with E-state index in [1.807, 2.05) is 98.8 Å². The third-order valence-corrected chi connectivity index (χ3v) is 21.7. The van der Waals surface area contributed by atoms with Crippen molar-refractivity contribution in [2.45, 2.75) is 332 Å². The van der Waals surface area contributed by atoms with Crippen molar-refractivity contribution < 1.29 is 97.8 Å². The van der Waals surface area contributed by atoms with Crippen molar-refractivity contribution in [3.63, 3.8) is 0 Å². The predicted octanol–water partition coefficient (Wildman–Crippen LogP) is 9.86. The van der Waals surface area contributed by atoms with Crippen molar-refractivity contribution in [1.82, 2.24) is 0 Å². The molecule has 0 spiro atoms. The second-order valence-corrected chi connectivity index (χ2v) is 29.9. The first-order valence-corrected chi connectivity index (χ1v) is 36.6. The molecule has 0 saturated carbocycles. The summed E-state index contributed by atoms with van der Waals surface area (Å²) in [5, 5.41) is 93.9. The number of rotatable bonds is 16. The number of hydrogen-bond acceptors (Lipinski definition) is 20. The van der Waals surface area contributed by atoms with Crippen LogP contribution >= 0.6 is 0 Å². The van der Waals surface area contributed by atoms with E-state index in [1.54, 1.807) is 54.4 Å². The van der Waals surface area contributed by atoms with Crippen LogP contribution in [0.3, 0.4) is 0 Å². The Kier molecular flexibility index (Phi) is 37.4. The van der Waals surface area contributed by atoms with Gasteiger partial charge in [-0.05, 0) is 136 Å². The number of carbonyl (C=O) groups is 2. The van der Waals surface area contributed by atoms with Crippen molar-refractivity contribution in [2.75, 3.05) is 28.4 Å². The number of esters is 2. The molecule has 0 radical (unpaired) electrons. The van der Waals surface area contributed by atoms with Crippen LogP contribution in [0.25, 0.3) is 0 Å². The van der Waals surface area contributed by atoms with E-state index in [-0.39, 0.29) is 106 Å². The maximum absolute atomic E-state index is 13.9. The van der Waals surface area contributed by atoms with Gasteiger partial charge < -0.3 is 88.2 Å². The zero-order chi connectivity index (χ0) is 71.6. The fourth-order valence-corrected chi connectivity index (χ4v) is 15.1. The summed E-state index contributed by atoms with van der Waals surface area (Å²) in [6.07, 6.45) is 14.5. The minimum atomic E-state index is -1.16. The molecule has 0 amide bonds. The normalized spacial score (nSPS) is 40.6. The van der Waals surface area contributed by atoms with E-state index in [2.05, 4.69) is 0 Å². The highest BCUT2D eigenvalue weighted by molar-refractivity contribution is 5.83. The molecule has 0 aromatic carbocycles. The quantitative estimate of drug-likeness (QED) is 0.0527. The van der Waals surface area contributed by atoms with Gasteiger partial charge in [0.05, 0.1) is 122 Å². The molecule has 2 fully saturated rings. The topological polar surface area (TPSA) is 288 Å². The SMILES string of the molecule is COC1CC(C)OC(CCC(C)C(O)C(C)C2OC(=O)/C=C\C(C)=C\CC(O)CC3C=CCC(CC(OC)C(C)C(O)CC(O)C(C)C(C(C)C(O)C(C)CCC4CC(OC)CC(C)O4)OC(=O)/C=C\C(C)=C\CC(O)CC4C=CCC(CC(OC)CC(O)CC(O)C2C)O4)O3)C1. The predicted molar refractivity (Wildman–Crippen MR) is 373 cm³/mol. The summed E-state index contributed by atoms with van der Waals surface area (Å²) in [5.74, 6) is -5.00. The lowest BCUT2D eigenvalue weighted by Crippen LogP contribution is -2.45. The van der Waals surface area contributed by atoms with Gasteiger partial charge in [-0.1, -0.05) is 108 Å². The molecule has 558 valence electrons. The number of methoxy groups -OCH3 is 4. The fraction of sp³-hybridized carbons (Fsp3) is 0.818. The van der Waals surface area contributed by atoms with E-state index in [0.717, 1.165) is 25.7 Å². The second-order valence-electron chi connectivity index (χ2n) is 29.9. The largest absolute Gasteiger partial charge is 0.458 e. The average Bonchev–Trinajstić information content (AvgIpc) is 0.897. The Morgan fingerprint density at radius 1 is 0.454 bits per heavy atom. The number of ether oxygens (including phenoxy) is 10. The van der Waals surface area contributed by atoms with Crippen LogP contribution < -0.4 is 0 Å². The molecule has 0 aliphatic carbocycles. The average molecular weight is 1380 g/mol. The lowest BCUT2D eigenvalue weighted by molar-refractivity contribution is -0.158. The summed E-state index contributed by atoms with van der Waals surface area (Å²) in [5.41, 5.74) is 1.39. The first kappa shape index (κ1) is 84.4. The second kappa shape index (κ2) is 43.0. The summed E-state index contributed by atoms with van der Waals surface area (Å²) in [6.45, 7) is 20.7. The Morgan fingerprint density at radius 2 is 0.856 bits per heavy atom. The minimum Gasteiger partial charge on any atom is -0.458 e. The first-order valence-electron chi connectivity index (χ1n) is 36.6. The number of allylic oxidation sites excluding steroid dienone is 4. The van der Waals surface area contributed by atoms with Gasteiger partial charge in [-0.2, -0.15) is 0 Å². The van der Waals surface area contributed by atoms with Crippen molar-refractivity contribution in [3.8, 4) is 0 Å². The molecule has 20 heteroatoms. The van der Waals surface area contributed by atoms with Crippen LogP contribution in [0.15, 0.2) is 71.9 Å². The summed E-state index contributed by atoms with van der Waals surface area (Å²) in [6, 6.07) is 0. The molecule has 20 nitrogen and oxygen atoms in total. The Morgan fingerprint density at radius 3 is 1.28 bits per heavy atom. The van der Waals surface area contributed by atoms with Crippen molar-refractivity contribution in [2.24, 2.45) is 41.4 Å². The smallest absolute Gasteiger partial charge is 0.331 e. The molecule has 5 heterocycles. The zero-order valence-electron chi connectivity index (χ0n) is 61.4. The number of hydrogen-bond donors (Lipinski definition) is 8. The summed E-state index contributed by atoms with van der Waals surface area (Å²) in [4.78, 5) is 27.7. The highest BCUT2D eigenvalue weighted by Gasteiger charge is 2.42. The van der Waals surface area contributed by atoms with Crippen LogP contribution in [0.5, 0.6) is 0 Å². The molecule has 5 aliphatic rings. The molecule has 0 aromatic rings. The summed E-state index contributed by atoms with van der Waals surface area (Å²) >= 11 is 0. The van der Waals surface area contributed by atoms with Gasteiger partial charge in [0.2, 0.25) is 0 Å². The minimum absolute atomic E-state index is 0.0265. The van der Waals surface area contributed by atoms with Crippen molar-refractivity contribution >= 4 is 11.9 Å². The van der Waals surface area contributed by atoms with Crippen LogP contribution in [-0.4, -0.2) is 216 Å². The highest BCUT2D eigenvalue weighted by atomic mass is 16.6. The molecule has 8 N–H and O–H groups in total. The van der Waals surface area contributed by atoms with E-state index < -0.39 is 127 Å². The van der Waals surface area contributed by atoms with Crippen LogP contribution in [0, 0.1) is 41.4 Å². The molecule has 29 atom stereocenters. The number of carbonyl (C=O) groups excluding carboxylic acids is 2. The number of aliphatic hydroxyl groups is 8. The third kappa shape index (κ3) is 28.8. The van der Waals surface area contributed by atoms with Gasteiger partial charge >= 0.3 is 11.9 Å². The van der Waals surface area contributed by atoms with Crippen LogP contribution in [0.4, 0.5) is 0 Å². The van der Waals surface area contributed by atoms with E-state index in [1.165, 1.54) is 12.2 Å². The van der Waals surface area contributed by atoms with Crippen LogP contribution in [-0.2, 0) is 57.0 Å². The Balaban J connectivity index is 1.35. The lowest BCUT2D eigenvalue weighted by atomic mass is 9.78. The van der Waals surface area contributed by atoms with E-state index in [0.29, 0.717) is 62.5 Å². The number of cyclic esters (lactones) is 2. The third-order valence-electron chi connectivity index (χ3n) is 21.7. The molecular formula is C77H130O20. The molecule has 5 aliphatic heterocycles. The lowest BCUT2D eigenvalue weighted by Gasteiger charge is -2.38. The van der Waals surface area contributed by atoms with E-state index >= 15 is 0 Å². The zero-order valence-corrected chi connectivity index (χ0v) is 61.4. The Hall–Kier alpha value is -3.26. The molecule has 2 saturated heterocycles. The summed E-state index contributed by atoms with van der Waals surface area (Å²) < 4.78 is 61.1. The Bertz CT molecular complexity index is 2450. The van der Waals surface area contributed by atoms with E-state index in [4.69, 9.17) is 47.4 Å². The maximum Gasteiger partial charge on any atom is 0.331 e. The maximum atomic E-state index is 13.9. The molecule has 5 rings (SSSR count).